The van der Waals surface area contributed by atoms with Crippen molar-refractivity contribution >= 4 is 22.0 Å². The predicted molar refractivity (Wildman–Crippen MR) is 189 cm³/mol. The number of carbonyl (C=O) groups is 2. The van der Waals surface area contributed by atoms with Crippen molar-refractivity contribution in [1.82, 2.24) is 20.7 Å². The molecular weight excluding hydrogens is 684 g/mol. The number of hydrogen-bond acceptors (Lipinski definition) is 11. The van der Waals surface area contributed by atoms with Gasteiger partial charge in [-0.15, -0.1) is 0 Å². The molecule has 0 bridgehead atoms. The minimum atomic E-state index is -4.30. The maximum Gasteiger partial charge on any atom is 0.315 e. The van der Waals surface area contributed by atoms with Gasteiger partial charge in [0.15, 0.2) is 6.29 Å². The Morgan fingerprint density at radius 2 is 1.47 bits per heavy atom. The van der Waals surface area contributed by atoms with E-state index in [2.05, 4.69) is 27.6 Å². The Kier molecular flexibility index (Phi) is 18.5. The molecule has 2 aliphatic heterocycles. The number of sulfonamides is 1. The average Bonchev–Trinajstić information content (AvgIpc) is 3.10. The van der Waals surface area contributed by atoms with E-state index in [9.17, 15) is 38.4 Å². The van der Waals surface area contributed by atoms with Gasteiger partial charge in [-0.1, -0.05) is 82.9 Å². The van der Waals surface area contributed by atoms with E-state index in [4.69, 9.17) is 14.2 Å². The van der Waals surface area contributed by atoms with Gasteiger partial charge in [0.05, 0.1) is 36.8 Å². The molecule has 9 atom stereocenters. The van der Waals surface area contributed by atoms with Crippen molar-refractivity contribution < 1.29 is 52.6 Å². The van der Waals surface area contributed by atoms with Crippen molar-refractivity contribution in [2.75, 3.05) is 26.4 Å². The lowest BCUT2D eigenvalue weighted by molar-refractivity contribution is -0.292. The normalized spacial score (nSPS) is 28.3. The highest BCUT2D eigenvalue weighted by atomic mass is 32.2. The molecule has 16 heteroatoms. The minimum absolute atomic E-state index is 0.112. The van der Waals surface area contributed by atoms with Crippen molar-refractivity contribution in [2.45, 2.75) is 151 Å². The molecule has 1 aromatic carbocycles. The van der Waals surface area contributed by atoms with E-state index in [0.29, 0.717) is 13.0 Å². The number of amides is 3. The number of rotatable bonds is 21. The second kappa shape index (κ2) is 22.0. The molecule has 51 heavy (non-hydrogen) atoms. The molecule has 2 saturated heterocycles. The van der Waals surface area contributed by atoms with Gasteiger partial charge in [-0.25, -0.2) is 17.9 Å². The molecule has 2 heterocycles. The van der Waals surface area contributed by atoms with Crippen LogP contribution in [0.2, 0.25) is 0 Å². The van der Waals surface area contributed by atoms with Crippen LogP contribution in [0.5, 0.6) is 0 Å². The monoisotopic (exact) mass is 744 g/mol. The van der Waals surface area contributed by atoms with Crippen molar-refractivity contribution in [2.24, 2.45) is 0 Å². The summed E-state index contributed by atoms with van der Waals surface area (Å²) in [5.41, 5.74) is 0.822. The summed E-state index contributed by atoms with van der Waals surface area (Å²) < 4.78 is 47.5. The number of urea groups is 1. The Labute approximate surface area is 302 Å². The molecule has 8 N–H and O–H groups in total. The van der Waals surface area contributed by atoms with E-state index in [0.717, 1.165) is 44.1 Å². The summed E-state index contributed by atoms with van der Waals surface area (Å²) in [4.78, 5) is 26.1. The molecule has 0 aliphatic carbocycles. The molecule has 0 radical (unpaired) electrons. The third-order valence-electron chi connectivity index (χ3n) is 9.33. The van der Waals surface area contributed by atoms with Crippen LogP contribution in [0.25, 0.3) is 0 Å². The molecule has 15 nitrogen and oxygen atoms in total. The molecule has 0 unspecified atom stereocenters. The third kappa shape index (κ3) is 13.2. The van der Waals surface area contributed by atoms with E-state index < -0.39 is 84.2 Å². The first-order chi connectivity index (χ1) is 24.4. The summed E-state index contributed by atoms with van der Waals surface area (Å²) >= 11 is 0. The number of unbranched alkanes of at least 4 members (excludes halogenated alkanes) is 8. The van der Waals surface area contributed by atoms with Gasteiger partial charge in [0.2, 0.25) is 15.9 Å². The Morgan fingerprint density at radius 1 is 0.843 bits per heavy atom. The fourth-order valence-corrected chi connectivity index (χ4v) is 7.49. The van der Waals surface area contributed by atoms with Gasteiger partial charge in [0.1, 0.15) is 36.6 Å². The summed E-state index contributed by atoms with van der Waals surface area (Å²) in [5.74, 6) is -0.334. The van der Waals surface area contributed by atoms with Crippen molar-refractivity contribution in [1.29, 1.82) is 0 Å². The van der Waals surface area contributed by atoms with Crippen LogP contribution in [-0.2, 0) is 29.0 Å². The molecule has 292 valence electrons. The van der Waals surface area contributed by atoms with Gasteiger partial charge in [0, 0.05) is 13.0 Å². The number of nitrogens with one attached hydrogen (secondary N) is 4. The molecule has 3 rings (SSSR count). The molecule has 0 saturated carbocycles. The lowest BCUT2D eigenvalue weighted by Crippen LogP contribution is -2.70. The number of aliphatic hydroxyl groups is 4. The van der Waals surface area contributed by atoms with Gasteiger partial charge in [-0.05, 0) is 31.9 Å². The molecule has 0 spiro atoms. The van der Waals surface area contributed by atoms with Crippen LogP contribution in [-0.4, -0.2) is 122 Å². The van der Waals surface area contributed by atoms with Gasteiger partial charge in [-0.2, -0.15) is 0 Å². The fourth-order valence-electron chi connectivity index (χ4n) is 6.25. The van der Waals surface area contributed by atoms with Crippen LogP contribution in [0.3, 0.4) is 0 Å². The number of ether oxygens (including phenoxy) is 3. The van der Waals surface area contributed by atoms with E-state index in [1.54, 1.807) is 19.1 Å². The Balaban J connectivity index is 1.87. The van der Waals surface area contributed by atoms with Gasteiger partial charge < -0.3 is 50.6 Å². The van der Waals surface area contributed by atoms with E-state index >= 15 is 0 Å². The van der Waals surface area contributed by atoms with Crippen LogP contribution in [0.1, 0.15) is 90.0 Å². The zero-order valence-corrected chi connectivity index (χ0v) is 31.0. The number of aryl methyl sites for hydroxylation is 1. The Hall–Kier alpha value is -2.41. The number of carbonyl (C=O) groups excluding carboxylic acids is 2. The van der Waals surface area contributed by atoms with E-state index in [1.165, 1.54) is 31.4 Å². The van der Waals surface area contributed by atoms with Crippen LogP contribution in [0.4, 0.5) is 4.79 Å². The fraction of sp³-hybridized carbons (Fsp3) is 0.771. The summed E-state index contributed by atoms with van der Waals surface area (Å²) in [6.45, 7) is 4.94. The van der Waals surface area contributed by atoms with Crippen molar-refractivity contribution in [3.05, 3.63) is 29.8 Å². The summed E-state index contributed by atoms with van der Waals surface area (Å²) in [6.07, 6.45) is 1.48. The number of hydrogen-bond donors (Lipinski definition) is 8. The molecular formula is C35H60N4O11S. The highest BCUT2D eigenvalue weighted by molar-refractivity contribution is 7.89. The second-order valence-corrected chi connectivity index (χ2v) is 15.2. The largest absolute Gasteiger partial charge is 0.394 e. The maximum atomic E-state index is 13.5. The lowest BCUT2D eigenvalue weighted by Gasteiger charge is -2.47. The molecule has 0 aromatic heterocycles. The van der Waals surface area contributed by atoms with Crippen molar-refractivity contribution in [3.63, 3.8) is 0 Å². The zero-order chi connectivity index (χ0) is 37.4. The highest BCUT2D eigenvalue weighted by Crippen LogP contribution is 2.29. The number of aliphatic hydroxyl groups excluding tert-OH is 4. The maximum absolute atomic E-state index is 13.5. The first-order valence-corrected chi connectivity index (χ1v) is 19.9. The van der Waals surface area contributed by atoms with Crippen LogP contribution < -0.4 is 20.7 Å². The van der Waals surface area contributed by atoms with E-state index in [-0.39, 0.29) is 23.8 Å². The summed E-state index contributed by atoms with van der Waals surface area (Å²) in [7, 11) is -4.30. The molecule has 1 aromatic rings. The standard InChI is InChI=1S/C35H60N4O11S/c1-4-6-8-9-10-11-12-13-14-28(42)38-29-26(20-40)48-22-25(37-35(45)36-19-7-5-2)33(29)50-34-30(32(44)31(43)27(21-41)49-34)39-51(46,47)24-17-15-23(3)16-18-24/h15-18,25-27,29-34,39-41,43-44H,4-14,19-22H2,1-3H3,(H,38,42)(H2,36,37,45)/t25-,26+,27+,29-,30+,31+,32+,33+,34-/m0/s1. The average molecular weight is 745 g/mol. The zero-order valence-electron chi connectivity index (χ0n) is 30.2. The smallest absolute Gasteiger partial charge is 0.315 e. The van der Waals surface area contributed by atoms with Gasteiger partial charge >= 0.3 is 6.03 Å². The van der Waals surface area contributed by atoms with Crippen molar-refractivity contribution in [3.8, 4) is 0 Å². The van der Waals surface area contributed by atoms with E-state index in [1.807, 2.05) is 6.92 Å². The SMILES string of the molecule is CCCCCCCCCCC(=O)N[C@@H]1[C@H](O[C@@H]2O[C@H](CO)[C@@H](O)[C@H](O)[C@H]2NS(=O)(=O)c2ccc(C)cc2)[C@@H](NC(=O)NCCCC)CO[C@@H]1CO. The third-order valence-corrected chi connectivity index (χ3v) is 10.8. The minimum Gasteiger partial charge on any atom is -0.394 e. The first kappa shape index (κ1) is 43.0. The van der Waals surface area contributed by atoms with Gasteiger partial charge in [0.25, 0.3) is 0 Å². The molecule has 2 aliphatic rings. The molecule has 3 amide bonds. The predicted octanol–water partition coefficient (Wildman–Crippen LogP) is 1.34. The quantitative estimate of drug-likeness (QED) is 0.0839. The topological polar surface area (TPSA) is 225 Å². The first-order valence-electron chi connectivity index (χ1n) is 18.4. The highest BCUT2D eigenvalue weighted by Gasteiger charge is 2.51. The summed E-state index contributed by atoms with van der Waals surface area (Å²) in [6, 6.07) is 1.84. The summed E-state index contributed by atoms with van der Waals surface area (Å²) in [5, 5.41) is 50.6. The van der Waals surface area contributed by atoms with Crippen LogP contribution in [0.15, 0.2) is 29.2 Å². The van der Waals surface area contributed by atoms with Crippen LogP contribution >= 0.6 is 0 Å². The lowest BCUT2D eigenvalue weighted by atomic mass is 9.93. The van der Waals surface area contributed by atoms with Gasteiger partial charge in [-0.3, -0.25) is 4.79 Å². The molecule has 2 fully saturated rings. The van der Waals surface area contributed by atoms with Crippen LogP contribution in [0, 0.1) is 6.92 Å². The Bertz CT molecular complexity index is 1290. The Morgan fingerprint density at radius 3 is 2.10 bits per heavy atom. The number of benzene rings is 1. The second-order valence-electron chi connectivity index (χ2n) is 13.5.